The summed E-state index contributed by atoms with van der Waals surface area (Å²) in [5.74, 6) is -0.501. The van der Waals surface area contributed by atoms with E-state index in [-0.39, 0.29) is 21.5 Å². The molecule has 2 aromatic rings. The van der Waals surface area contributed by atoms with Gasteiger partial charge >= 0.3 is 0 Å². The largest absolute Gasteiger partial charge is 0.257 e. The van der Waals surface area contributed by atoms with E-state index in [1.165, 1.54) is 6.07 Å². The minimum absolute atomic E-state index is 0.0630. The molecule has 0 saturated carbocycles. The normalized spacial score (nSPS) is 10.3. The molecule has 1 heterocycles. The minimum Gasteiger partial charge on any atom is -0.257 e. The van der Waals surface area contributed by atoms with Crippen molar-refractivity contribution in [3.8, 4) is 17.2 Å². The third-order valence-electron chi connectivity index (χ3n) is 2.48. The summed E-state index contributed by atoms with van der Waals surface area (Å²) in [7, 11) is 0. The molecule has 0 aliphatic rings. The van der Waals surface area contributed by atoms with E-state index in [2.05, 4.69) is 4.98 Å². The van der Waals surface area contributed by atoms with Crippen molar-refractivity contribution in [3.05, 3.63) is 51.0 Å². The summed E-state index contributed by atoms with van der Waals surface area (Å²) in [5, 5.41) is 9.51. The van der Waals surface area contributed by atoms with Gasteiger partial charge < -0.3 is 0 Å². The van der Waals surface area contributed by atoms with E-state index in [1.54, 1.807) is 12.1 Å². The van der Waals surface area contributed by atoms with Gasteiger partial charge in [0.2, 0.25) is 0 Å². The van der Waals surface area contributed by atoms with Crippen LogP contribution in [-0.2, 0) is 6.42 Å². The van der Waals surface area contributed by atoms with Gasteiger partial charge in [0.1, 0.15) is 5.82 Å². The average Bonchev–Trinajstić information content (AvgIpc) is 2.37. The molecule has 2 nitrogen and oxygen atoms in total. The topological polar surface area (TPSA) is 36.7 Å². The molecule has 6 heteroatoms. The number of aromatic nitrogens is 1. The van der Waals surface area contributed by atoms with E-state index >= 15 is 0 Å². The maximum atomic E-state index is 13.3. The quantitative estimate of drug-likeness (QED) is 0.738. The molecule has 0 bridgehead atoms. The Balaban J connectivity index is 2.64. The zero-order valence-electron chi connectivity index (χ0n) is 9.42. The smallest absolute Gasteiger partial charge is 0.142 e. The molecule has 0 unspecified atom stereocenters. The molecular weight excluding hydrogens is 310 g/mol. The second-order valence-corrected chi connectivity index (χ2v) is 4.93. The average molecular weight is 316 g/mol. The highest BCUT2D eigenvalue weighted by Crippen LogP contribution is 2.36. The van der Waals surface area contributed by atoms with Gasteiger partial charge in [0.15, 0.2) is 0 Å². The molecule has 2 rings (SSSR count). The molecule has 0 spiro atoms. The lowest BCUT2D eigenvalue weighted by Gasteiger charge is -2.09. The Morgan fingerprint density at radius 3 is 2.37 bits per heavy atom. The van der Waals surface area contributed by atoms with Crippen LogP contribution in [0.15, 0.2) is 24.4 Å². The van der Waals surface area contributed by atoms with Crippen LogP contribution in [0.1, 0.15) is 5.69 Å². The molecule has 0 radical (unpaired) electrons. The first kappa shape index (κ1) is 14.1. The van der Waals surface area contributed by atoms with Gasteiger partial charge in [0.25, 0.3) is 0 Å². The van der Waals surface area contributed by atoms with Crippen LogP contribution in [0.2, 0.25) is 15.1 Å². The molecule has 0 saturated heterocycles. The van der Waals surface area contributed by atoms with Gasteiger partial charge in [-0.3, -0.25) is 4.98 Å². The Labute approximate surface area is 124 Å². The molecule has 1 aromatic carbocycles. The lowest BCUT2D eigenvalue weighted by atomic mass is 10.0. The van der Waals surface area contributed by atoms with Gasteiger partial charge in [-0.1, -0.05) is 34.8 Å². The summed E-state index contributed by atoms with van der Waals surface area (Å²) in [6.07, 6.45) is 1.13. The lowest BCUT2D eigenvalue weighted by molar-refractivity contribution is 0.620. The molecule has 0 aliphatic carbocycles. The number of nitriles is 1. The zero-order valence-corrected chi connectivity index (χ0v) is 11.7. The van der Waals surface area contributed by atoms with Crippen molar-refractivity contribution in [3.63, 3.8) is 0 Å². The van der Waals surface area contributed by atoms with Gasteiger partial charge in [-0.15, -0.1) is 0 Å². The van der Waals surface area contributed by atoms with E-state index in [0.29, 0.717) is 16.8 Å². The van der Waals surface area contributed by atoms with Crippen molar-refractivity contribution < 1.29 is 4.39 Å². The first-order chi connectivity index (χ1) is 9.02. The molecule has 0 N–H and O–H groups in total. The third-order valence-corrected chi connectivity index (χ3v) is 3.68. The summed E-state index contributed by atoms with van der Waals surface area (Å²) >= 11 is 17.7. The van der Waals surface area contributed by atoms with Gasteiger partial charge in [0, 0.05) is 5.56 Å². The zero-order chi connectivity index (χ0) is 14.0. The second-order valence-electron chi connectivity index (χ2n) is 3.74. The number of hydrogen-bond donors (Lipinski definition) is 0. The van der Waals surface area contributed by atoms with Crippen molar-refractivity contribution >= 4 is 34.8 Å². The SMILES string of the molecule is N#CCc1ncc(F)cc1-c1cc(Cl)c(Cl)c(Cl)c1. The second kappa shape index (κ2) is 5.75. The van der Waals surface area contributed by atoms with Gasteiger partial charge in [0.05, 0.1) is 39.4 Å². The fraction of sp³-hybridized carbons (Fsp3) is 0.0769. The maximum Gasteiger partial charge on any atom is 0.142 e. The van der Waals surface area contributed by atoms with Crippen LogP contribution in [0.4, 0.5) is 4.39 Å². The first-order valence-electron chi connectivity index (χ1n) is 5.19. The van der Waals surface area contributed by atoms with Gasteiger partial charge in [-0.25, -0.2) is 4.39 Å². The van der Waals surface area contributed by atoms with Crippen LogP contribution in [0.25, 0.3) is 11.1 Å². The van der Waals surface area contributed by atoms with E-state index in [1.807, 2.05) is 6.07 Å². The van der Waals surface area contributed by atoms with Crippen LogP contribution in [-0.4, -0.2) is 4.98 Å². The summed E-state index contributed by atoms with van der Waals surface area (Å²) < 4.78 is 13.3. The maximum absolute atomic E-state index is 13.3. The van der Waals surface area contributed by atoms with Crippen molar-refractivity contribution in [2.45, 2.75) is 6.42 Å². The standard InChI is InChI=1S/C13H6Cl3FN2/c14-10-3-7(4-11(15)13(10)16)9-5-8(17)6-19-12(9)1-2-18/h3-6H,1H2. The number of halogens is 4. The summed E-state index contributed by atoms with van der Waals surface area (Å²) in [6, 6.07) is 6.39. The predicted octanol–water partition coefficient (Wildman–Crippen LogP) is 4.91. The van der Waals surface area contributed by atoms with Crippen LogP contribution in [0, 0.1) is 17.1 Å². The highest BCUT2D eigenvalue weighted by molar-refractivity contribution is 6.48. The van der Waals surface area contributed by atoms with Crippen molar-refractivity contribution in [2.24, 2.45) is 0 Å². The fourth-order valence-corrected chi connectivity index (χ4v) is 2.24. The molecule has 1 aromatic heterocycles. The van der Waals surface area contributed by atoms with Gasteiger partial charge in [-0.05, 0) is 23.8 Å². The minimum atomic E-state index is -0.501. The molecular formula is C13H6Cl3FN2. The Morgan fingerprint density at radius 2 is 1.79 bits per heavy atom. The van der Waals surface area contributed by atoms with Crippen molar-refractivity contribution in [2.75, 3.05) is 0 Å². The number of hydrogen-bond acceptors (Lipinski definition) is 2. The van der Waals surface area contributed by atoms with Gasteiger partial charge in [-0.2, -0.15) is 5.26 Å². The molecule has 0 fully saturated rings. The van der Waals surface area contributed by atoms with Crippen molar-refractivity contribution in [1.29, 1.82) is 5.26 Å². The van der Waals surface area contributed by atoms with E-state index in [4.69, 9.17) is 40.1 Å². The number of nitrogens with zero attached hydrogens (tertiary/aromatic N) is 2. The Kier molecular flexibility index (Phi) is 4.26. The number of benzene rings is 1. The van der Waals surface area contributed by atoms with Crippen LogP contribution in [0.5, 0.6) is 0 Å². The van der Waals surface area contributed by atoms with E-state index < -0.39 is 5.82 Å². The number of rotatable bonds is 2. The monoisotopic (exact) mass is 314 g/mol. The van der Waals surface area contributed by atoms with Crippen LogP contribution >= 0.6 is 34.8 Å². The summed E-state index contributed by atoms with van der Waals surface area (Å²) in [6.45, 7) is 0. The summed E-state index contributed by atoms with van der Waals surface area (Å²) in [4.78, 5) is 3.91. The number of pyridine rings is 1. The van der Waals surface area contributed by atoms with Crippen LogP contribution in [0.3, 0.4) is 0 Å². The lowest BCUT2D eigenvalue weighted by Crippen LogP contribution is -1.95. The molecule has 0 atom stereocenters. The fourth-order valence-electron chi connectivity index (χ4n) is 1.64. The van der Waals surface area contributed by atoms with E-state index in [9.17, 15) is 4.39 Å². The Morgan fingerprint density at radius 1 is 1.16 bits per heavy atom. The third kappa shape index (κ3) is 2.98. The predicted molar refractivity (Wildman–Crippen MR) is 74.0 cm³/mol. The Hall–Kier alpha value is -1.34. The van der Waals surface area contributed by atoms with Crippen molar-refractivity contribution in [1.82, 2.24) is 4.98 Å². The summed E-state index contributed by atoms with van der Waals surface area (Å²) in [5.41, 5.74) is 1.50. The van der Waals surface area contributed by atoms with Crippen LogP contribution < -0.4 is 0 Å². The molecule has 0 aliphatic heterocycles. The van der Waals surface area contributed by atoms with E-state index in [0.717, 1.165) is 6.20 Å². The first-order valence-corrected chi connectivity index (χ1v) is 6.32. The Bertz CT molecular complexity index is 657. The molecule has 96 valence electrons. The highest BCUT2D eigenvalue weighted by Gasteiger charge is 2.12. The highest BCUT2D eigenvalue weighted by atomic mass is 35.5. The molecule has 0 amide bonds. The molecule has 19 heavy (non-hydrogen) atoms.